The van der Waals surface area contributed by atoms with Crippen LogP contribution in [0.25, 0.3) is 22.3 Å². The maximum absolute atomic E-state index is 13.1. The van der Waals surface area contributed by atoms with Gasteiger partial charge in [-0.1, -0.05) is 24.8 Å². The van der Waals surface area contributed by atoms with E-state index in [4.69, 9.17) is 14.2 Å². The first kappa shape index (κ1) is 25.5. The van der Waals surface area contributed by atoms with Gasteiger partial charge in [0.05, 0.1) is 49.5 Å². The molecular weight excluding hydrogens is 466 g/mol. The van der Waals surface area contributed by atoms with Gasteiger partial charge in [0, 0.05) is 50.0 Å². The molecule has 0 amide bonds. The van der Waals surface area contributed by atoms with Crippen molar-refractivity contribution in [2.45, 2.75) is 33.4 Å². The predicted molar refractivity (Wildman–Crippen MR) is 146 cm³/mol. The zero-order valence-electron chi connectivity index (χ0n) is 22.2. The van der Waals surface area contributed by atoms with Crippen LogP contribution < -0.4 is 0 Å². The van der Waals surface area contributed by atoms with E-state index in [-0.39, 0.29) is 12.1 Å². The van der Waals surface area contributed by atoms with Gasteiger partial charge in [-0.25, -0.2) is 4.79 Å². The van der Waals surface area contributed by atoms with E-state index in [0.717, 1.165) is 79.5 Å². The number of esters is 1. The van der Waals surface area contributed by atoms with E-state index in [9.17, 15) is 4.79 Å². The van der Waals surface area contributed by atoms with E-state index in [1.807, 2.05) is 26.8 Å². The van der Waals surface area contributed by atoms with Crippen molar-refractivity contribution in [2.75, 3.05) is 52.6 Å². The van der Waals surface area contributed by atoms with E-state index in [1.54, 1.807) is 0 Å². The average Bonchev–Trinajstić information content (AvgIpc) is 3.33. The summed E-state index contributed by atoms with van der Waals surface area (Å²) in [6, 6.07) is 12.8. The Hall–Kier alpha value is -3.13. The molecule has 0 unspecified atom stereocenters. The summed E-state index contributed by atoms with van der Waals surface area (Å²) in [5.74, 6) is -0.304. The van der Waals surface area contributed by atoms with Crippen LogP contribution >= 0.6 is 0 Å². The number of carbonyl (C=O) groups is 1. The molecule has 0 radical (unpaired) electrons. The average molecular weight is 504 g/mol. The lowest BCUT2D eigenvalue weighted by Crippen LogP contribution is -2.35. The van der Waals surface area contributed by atoms with Crippen molar-refractivity contribution in [2.24, 2.45) is 0 Å². The first-order chi connectivity index (χ1) is 17.9. The Morgan fingerprint density at radius 3 is 2.41 bits per heavy atom. The van der Waals surface area contributed by atoms with Crippen LogP contribution in [0.2, 0.25) is 0 Å². The molecule has 1 aromatic carbocycles. The number of aromatic nitrogens is 1. The molecule has 0 bridgehead atoms. The zero-order valence-corrected chi connectivity index (χ0v) is 22.2. The molecule has 2 fully saturated rings. The van der Waals surface area contributed by atoms with Crippen molar-refractivity contribution in [3.8, 4) is 11.1 Å². The van der Waals surface area contributed by atoms with Crippen molar-refractivity contribution >= 4 is 17.2 Å². The molecule has 0 N–H and O–H groups in total. The molecule has 2 aliphatic rings. The van der Waals surface area contributed by atoms with Gasteiger partial charge in [-0.15, -0.1) is 0 Å². The number of benzene rings is 1. The molecule has 196 valence electrons. The Bertz CT molecular complexity index is 1280. The fourth-order valence-electron chi connectivity index (χ4n) is 5.20. The van der Waals surface area contributed by atoms with Gasteiger partial charge >= 0.3 is 5.97 Å². The lowest BCUT2D eigenvalue weighted by atomic mass is 10.0. The Kier molecular flexibility index (Phi) is 7.65. The highest BCUT2D eigenvalue weighted by Crippen LogP contribution is 2.32. The van der Waals surface area contributed by atoms with Gasteiger partial charge in [0.25, 0.3) is 0 Å². The number of fused-ring (bicyclic) bond motifs is 1. The quantitative estimate of drug-likeness (QED) is 0.439. The number of pyridine rings is 1. The zero-order chi connectivity index (χ0) is 25.9. The molecule has 0 saturated carbocycles. The maximum Gasteiger partial charge on any atom is 0.338 e. The standard InChI is InChI=1S/C30H37N3O4/c1-21(2)37-30(34)28-18-27-17-26(25-7-5-6-24(16-25)19-31-8-12-35-13-9-31)20-33(27)29(22(28)3)23(4)32-10-14-36-15-11-32/h5-7,16-18,20-21H,4,8-15,19H2,1-3H3. The Morgan fingerprint density at radius 1 is 1.00 bits per heavy atom. The summed E-state index contributed by atoms with van der Waals surface area (Å²) >= 11 is 0. The molecule has 0 spiro atoms. The maximum atomic E-state index is 13.1. The highest BCUT2D eigenvalue weighted by Gasteiger charge is 2.23. The normalized spacial score (nSPS) is 16.9. The fraction of sp³-hybridized carbons (Fsp3) is 0.433. The summed E-state index contributed by atoms with van der Waals surface area (Å²) in [5.41, 5.74) is 7.77. The molecule has 5 rings (SSSR count). The third kappa shape index (κ3) is 5.59. The van der Waals surface area contributed by atoms with Gasteiger partial charge in [0.1, 0.15) is 0 Å². The van der Waals surface area contributed by atoms with Crippen molar-refractivity contribution in [3.05, 3.63) is 71.6 Å². The third-order valence-corrected chi connectivity index (χ3v) is 7.14. The first-order valence-electron chi connectivity index (χ1n) is 13.2. The molecule has 37 heavy (non-hydrogen) atoms. The minimum absolute atomic E-state index is 0.189. The van der Waals surface area contributed by atoms with E-state index in [1.165, 1.54) is 5.56 Å². The number of rotatable bonds is 7. The highest BCUT2D eigenvalue weighted by molar-refractivity contribution is 5.94. The molecule has 0 aliphatic carbocycles. The van der Waals surface area contributed by atoms with Gasteiger partial charge in [0.2, 0.25) is 0 Å². The topological polar surface area (TPSA) is 55.6 Å². The van der Waals surface area contributed by atoms with Gasteiger partial charge in [-0.05, 0) is 55.7 Å². The summed E-state index contributed by atoms with van der Waals surface area (Å²) in [7, 11) is 0. The second-order valence-electron chi connectivity index (χ2n) is 10.1. The van der Waals surface area contributed by atoms with Gasteiger partial charge in [-0.2, -0.15) is 0 Å². The van der Waals surface area contributed by atoms with E-state index >= 15 is 0 Å². The molecule has 2 aromatic heterocycles. The lowest BCUT2D eigenvalue weighted by molar-refractivity contribution is 0.0342. The molecule has 4 heterocycles. The monoisotopic (exact) mass is 503 g/mol. The second kappa shape index (κ2) is 11.1. The summed E-state index contributed by atoms with van der Waals surface area (Å²) in [5, 5.41) is 0. The van der Waals surface area contributed by atoms with Crippen LogP contribution in [0.4, 0.5) is 0 Å². The molecule has 2 aliphatic heterocycles. The summed E-state index contributed by atoms with van der Waals surface area (Å²) < 4.78 is 18.8. The fourth-order valence-corrected chi connectivity index (χ4v) is 5.20. The van der Waals surface area contributed by atoms with Crippen molar-refractivity contribution in [3.63, 3.8) is 0 Å². The smallest absolute Gasteiger partial charge is 0.338 e. The minimum Gasteiger partial charge on any atom is -0.459 e. The van der Waals surface area contributed by atoms with Crippen molar-refractivity contribution in [1.82, 2.24) is 14.2 Å². The number of nitrogens with zero attached hydrogens (tertiary/aromatic N) is 3. The van der Waals surface area contributed by atoms with E-state index in [0.29, 0.717) is 18.8 Å². The van der Waals surface area contributed by atoms with E-state index in [2.05, 4.69) is 57.3 Å². The number of ether oxygens (including phenoxy) is 3. The summed E-state index contributed by atoms with van der Waals surface area (Å²) in [4.78, 5) is 17.7. The third-order valence-electron chi connectivity index (χ3n) is 7.14. The molecular formula is C30H37N3O4. The molecule has 3 aromatic rings. The number of hydrogen-bond donors (Lipinski definition) is 0. The molecule has 7 heteroatoms. The molecule has 2 saturated heterocycles. The predicted octanol–water partition coefficient (Wildman–Crippen LogP) is 4.62. The largest absolute Gasteiger partial charge is 0.459 e. The molecule has 7 nitrogen and oxygen atoms in total. The van der Waals surface area contributed by atoms with Crippen molar-refractivity contribution in [1.29, 1.82) is 0 Å². The van der Waals surface area contributed by atoms with Crippen LogP contribution in [-0.2, 0) is 20.8 Å². The van der Waals surface area contributed by atoms with Crippen LogP contribution in [-0.4, -0.2) is 78.9 Å². The van der Waals surface area contributed by atoms with Gasteiger partial charge < -0.3 is 23.5 Å². The summed E-state index contributed by atoms with van der Waals surface area (Å²) in [6.07, 6.45) is 1.97. The number of hydrogen-bond acceptors (Lipinski definition) is 6. The Morgan fingerprint density at radius 2 is 1.70 bits per heavy atom. The van der Waals surface area contributed by atoms with Crippen LogP contribution in [0.3, 0.4) is 0 Å². The molecule has 0 atom stereocenters. The Balaban J connectivity index is 1.55. The summed E-state index contributed by atoms with van der Waals surface area (Å²) in [6.45, 7) is 17.5. The number of morpholine rings is 2. The highest BCUT2D eigenvalue weighted by atomic mass is 16.5. The number of carbonyl (C=O) groups excluding carboxylic acids is 1. The Labute approximate surface area is 219 Å². The lowest BCUT2D eigenvalue weighted by Gasteiger charge is -2.31. The van der Waals surface area contributed by atoms with E-state index < -0.39 is 0 Å². The van der Waals surface area contributed by atoms with Crippen LogP contribution in [0.1, 0.15) is 41.0 Å². The minimum atomic E-state index is -0.304. The van der Waals surface area contributed by atoms with Crippen LogP contribution in [0.5, 0.6) is 0 Å². The van der Waals surface area contributed by atoms with Crippen LogP contribution in [0, 0.1) is 6.92 Å². The van der Waals surface area contributed by atoms with Crippen molar-refractivity contribution < 1.29 is 19.0 Å². The first-order valence-corrected chi connectivity index (χ1v) is 13.2. The van der Waals surface area contributed by atoms with Crippen LogP contribution in [0.15, 0.2) is 49.2 Å². The van der Waals surface area contributed by atoms with Gasteiger partial charge in [-0.3, -0.25) is 4.90 Å². The van der Waals surface area contributed by atoms with Gasteiger partial charge in [0.15, 0.2) is 0 Å². The SMILES string of the molecule is C=C(c1c(C)c(C(=O)OC(C)C)cc2cc(-c3cccc(CN4CCOCC4)c3)cn12)N1CCOCC1. The second-order valence-corrected chi connectivity index (χ2v) is 10.1.